The van der Waals surface area contributed by atoms with Crippen molar-refractivity contribution in [2.75, 3.05) is 32.6 Å². The van der Waals surface area contributed by atoms with Gasteiger partial charge in [0.1, 0.15) is 5.75 Å². The van der Waals surface area contributed by atoms with Crippen LogP contribution in [0.2, 0.25) is 0 Å². The predicted molar refractivity (Wildman–Crippen MR) is 95.2 cm³/mol. The van der Waals surface area contributed by atoms with Gasteiger partial charge >= 0.3 is 5.97 Å². The maximum atomic E-state index is 14.0. The summed E-state index contributed by atoms with van der Waals surface area (Å²) < 4.78 is 74.3. The molecule has 1 saturated heterocycles. The molecule has 1 aromatic carbocycles. The highest BCUT2D eigenvalue weighted by Gasteiger charge is 2.36. The lowest BCUT2D eigenvalue weighted by atomic mass is 10.2. The number of halogens is 1. The summed E-state index contributed by atoms with van der Waals surface area (Å²) in [6.45, 7) is 1.85. The Kier molecular flexibility index (Phi) is 6.82. The van der Waals surface area contributed by atoms with E-state index in [4.69, 9.17) is 4.74 Å². The first-order valence-electron chi connectivity index (χ1n) is 8.32. The molecule has 0 atom stereocenters. The summed E-state index contributed by atoms with van der Waals surface area (Å²) in [5, 5.41) is -0.819. The Morgan fingerprint density at radius 2 is 1.85 bits per heavy atom. The van der Waals surface area contributed by atoms with E-state index >= 15 is 0 Å². The number of esters is 1. The zero-order valence-corrected chi connectivity index (χ0v) is 16.7. The number of piperidine rings is 1. The number of carbonyl (C=O) groups excluding carboxylic acids is 1. The molecule has 1 aromatic rings. The van der Waals surface area contributed by atoms with Crippen LogP contribution in [0.5, 0.6) is 5.75 Å². The van der Waals surface area contributed by atoms with Crippen molar-refractivity contribution in [1.82, 2.24) is 4.31 Å². The van der Waals surface area contributed by atoms with Crippen LogP contribution in [-0.4, -0.2) is 64.9 Å². The number of benzene rings is 1. The zero-order valence-electron chi connectivity index (χ0n) is 15.1. The van der Waals surface area contributed by atoms with Gasteiger partial charge in [-0.2, -0.15) is 4.31 Å². The van der Waals surface area contributed by atoms with Gasteiger partial charge in [0, 0.05) is 13.1 Å². The Hall–Kier alpha value is -1.72. The van der Waals surface area contributed by atoms with Crippen LogP contribution in [0.15, 0.2) is 23.1 Å². The van der Waals surface area contributed by atoms with Gasteiger partial charge in [-0.15, -0.1) is 0 Å². The molecule has 0 amide bonds. The van der Waals surface area contributed by atoms with E-state index in [1.807, 2.05) is 0 Å². The number of carbonyl (C=O) groups is 1. The Labute approximate surface area is 158 Å². The third kappa shape index (κ3) is 4.96. The molecule has 152 valence electrons. The summed E-state index contributed by atoms with van der Waals surface area (Å²) in [5.41, 5.74) is 0. The molecule has 2 rings (SSSR count). The molecule has 1 heterocycles. The lowest BCUT2D eigenvalue weighted by Crippen LogP contribution is -2.43. The number of sulfone groups is 1. The third-order valence-electron chi connectivity index (χ3n) is 4.30. The molecular weight excluding hydrogens is 401 g/mol. The zero-order chi connectivity index (χ0) is 20.2. The van der Waals surface area contributed by atoms with Crippen LogP contribution in [-0.2, 0) is 29.4 Å². The van der Waals surface area contributed by atoms with E-state index in [1.165, 1.54) is 12.1 Å². The molecule has 11 heteroatoms. The van der Waals surface area contributed by atoms with Gasteiger partial charge in [0.15, 0.2) is 21.4 Å². The monoisotopic (exact) mass is 423 g/mol. The summed E-state index contributed by atoms with van der Waals surface area (Å²) in [5.74, 6) is -2.40. The number of rotatable bonds is 7. The van der Waals surface area contributed by atoms with Crippen LogP contribution >= 0.6 is 0 Å². The van der Waals surface area contributed by atoms with Gasteiger partial charge in [-0.25, -0.2) is 21.2 Å². The molecule has 0 saturated carbocycles. The molecule has 1 aliphatic rings. The minimum Gasteiger partial charge on any atom is -0.491 e. The minimum absolute atomic E-state index is 0.0379. The molecule has 1 aliphatic heterocycles. The number of sulfonamides is 1. The van der Waals surface area contributed by atoms with E-state index < -0.39 is 42.6 Å². The van der Waals surface area contributed by atoms with Crippen molar-refractivity contribution in [2.24, 2.45) is 0 Å². The van der Waals surface area contributed by atoms with Crippen LogP contribution in [0.3, 0.4) is 0 Å². The van der Waals surface area contributed by atoms with Gasteiger partial charge in [0.25, 0.3) is 0 Å². The molecule has 0 unspecified atom stereocenters. The fourth-order valence-corrected chi connectivity index (χ4v) is 5.93. The van der Waals surface area contributed by atoms with Gasteiger partial charge in [-0.05, 0) is 38.0 Å². The van der Waals surface area contributed by atoms with E-state index in [0.717, 1.165) is 17.5 Å². The second-order valence-electron chi connectivity index (χ2n) is 6.01. The Bertz CT molecular complexity index is 891. The highest BCUT2D eigenvalue weighted by molar-refractivity contribution is 7.92. The fraction of sp³-hybridized carbons (Fsp3) is 0.562. The van der Waals surface area contributed by atoms with Crippen LogP contribution in [0.1, 0.15) is 19.8 Å². The van der Waals surface area contributed by atoms with Crippen molar-refractivity contribution in [3.8, 4) is 5.75 Å². The summed E-state index contributed by atoms with van der Waals surface area (Å²) >= 11 is 0. The van der Waals surface area contributed by atoms with Gasteiger partial charge in [-0.3, -0.25) is 4.79 Å². The molecule has 0 radical (unpaired) electrons. The topological polar surface area (TPSA) is 107 Å². The van der Waals surface area contributed by atoms with Gasteiger partial charge in [0.05, 0.1) is 23.9 Å². The van der Waals surface area contributed by atoms with Crippen molar-refractivity contribution in [3.05, 3.63) is 24.0 Å². The van der Waals surface area contributed by atoms with Crippen LogP contribution < -0.4 is 4.74 Å². The third-order valence-corrected chi connectivity index (χ3v) is 8.32. The quantitative estimate of drug-likeness (QED) is 0.601. The summed E-state index contributed by atoms with van der Waals surface area (Å²) in [6.07, 6.45) is 0.107. The van der Waals surface area contributed by atoms with E-state index in [2.05, 4.69) is 4.74 Å². The Balaban J connectivity index is 2.10. The highest BCUT2D eigenvalue weighted by atomic mass is 32.2. The predicted octanol–water partition coefficient (Wildman–Crippen LogP) is 0.965. The molecule has 1 fully saturated rings. The van der Waals surface area contributed by atoms with E-state index in [1.54, 1.807) is 6.92 Å². The molecule has 27 heavy (non-hydrogen) atoms. The molecule has 0 aromatic heterocycles. The number of hydrogen-bond donors (Lipinski definition) is 0. The first-order chi connectivity index (χ1) is 12.6. The standard InChI is InChI=1S/C16H22FNO7S2/c1-3-25-15-5-4-13(10-14(15)17)27(22,23)18-8-6-12(7-9-18)26(20,21)11-16(19)24-2/h4-5,10,12H,3,6-9,11H2,1-2H3. The average molecular weight is 423 g/mol. The Morgan fingerprint density at radius 3 is 2.37 bits per heavy atom. The maximum absolute atomic E-state index is 14.0. The second kappa shape index (κ2) is 8.53. The highest BCUT2D eigenvalue weighted by Crippen LogP contribution is 2.27. The molecule has 0 N–H and O–H groups in total. The fourth-order valence-electron chi connectivity index (χ4n) is 2.84. The van der Waals surface area contributed by atoms with E-state index in [0.29, 0.717) is 0 Å². The van der Waals surface area contributed by atoms with Crippen LogP contribution in [0, 0.1) is 5.82 Å². The molecule has 0 bridgehead atoms. The lowest BCUT2D eigenvalue weighted by Gasteiger charge is -2.30. The smallest absolute Gasteiger partial charge is 0.320 e. The van der Waals surface area contributed by atoms with Gasteiger partial charge in [-0.1, -0.05) is 0 Å². The largest absolute Gasteiger partial charge is 0.491 e. The van der Waals surface area contributed by atoms with Crippen molar-refractivity contribution < 1.29 is 35.5 Å². The van der Waals surface area contributed by atoms with E-state index in [-0.39, 0.29) is 43.2 Å². The first-order valence-corrected chi connectivity index (χ1v) is 11.5. The first kappa shape index (κ1) is 21.6. The number of nitrogens with zero attached hydrogens (tertiary/aromatic N) is 1. The SMILES string of the molecule is CCOc1ccc(S(=O)(=O)N2CCC(S(=O)(=O)CC(=O)OC)CC2)cc1F. The number of methoxy groups -OCH3 is 1. The maximum Gasteiger partial charge on any atom is 0.320 e. The van der Waals surface area contributed by atoms with Crippen molar-refractivity contribution in [3.63, 3.8) is 0 Å². The molecule has 0 aliphatic carbocycles. The average Bonchev–Trinajstić information content (AvgIpc) is 2.63. The second-order valence-corrected chi connectivity index (χ2v) is 10.2. The summed E-state index contributed by atoms with van der Waals surface area (Å²) in [7, 11) is -6.58. The van der Waals surface area contributed by atoms with Crippen molar-refractivity contribution in [1.29, 1.82) is 0 Å². The number of ether oxygens (including phenoxy) is 2. The van der Waals surface area contributed by atoms with Crippen LogP contribution in [0.4, 0.5) is 4.39 Å². The van der Waals surface area contributed by atoms with E-state index in [9.17, 15) is 26.0 Å². The van der Waals surface area contributed by atoms with Crippen LogP contribution in [0.25, 0.3) is 0 Å². The molecule has 8 nitrogen and oxygen atoms in total. The summed E-state index contributed by atoms with van der Waals surface area (Å²) in [6, 6.07) is 3.39. The molecule has 0 spiro atoms. The summed E-state index contributed by atoms with van der Waals surface area (Å²) in [4.78, 5) is 11.0. The molecular formula is C16H22FNO7S2. The number of hydrogen-bond acceptors (Lipinski definition) is 7. The lowest BCUT2D eigenvalue weighted by molar-refractivity contribution is -0.137. The Morgan fingerprint density at radius 1 is 1.22 bits per heavy atom. The van der Waals surface area contributed by atoms with Gasteiger partial charge < -0.3 is 9.47 Å². The van der Waals surface area contributed by atoms with Gasteiger partial charge in [0.2, 0.25) is 10.0 Å². The van der Waals surface area contributed by atoms with Crippen molar-refractivity contribution >= 4 is 25.8 Å². The van der Waals surface area contributed by atoms with Crippen molar-refractivity contribution in [2.45, 2.75) is 29.9 Å². The minimum atomic E-state index is -3.96. The normalized spacial score (nSPS) is 16.9.